The molecule has 0 unspecified atom stereocenters. The van der Waals surface area contributed by atoms with Crippen molar-refractivity contribution in [2.24, 2.45) is 0 Å². The van der Waals surface area contributed by atoms with Crippen molar-refractivity contribution in [3.8, 4) is 0 Å². The molecule has 1 aromatic carbocycles. The molecule has 0 radical (unpaired) electrons. The van der Waals surface area contributed by atoms with Gasteiger partial charge in [-0.2, -0.15) is 0 Å². The van der Waals surface area contributed by atoms with E-state index in [1.807, 2.05) is 24.3 Å². The minimum atomic E-state index is 0.680. The number of benzene rings is 1. The van der Waals surface area contributed by atoms with Gasteiger partial charge in [-0.15, -0.1) is 0 Å². The number of hydrogen-bond acceptors (Lipinski definition) is 2. The average Bonchev–Trinajstić information content (AvgIpc) is 2.63. The molecule has 0 aliphatic rings. The predicted molar refractivity (Wildman–Crippen MR) is 56.3 cm³/mol. The van der Waals surface area contributed by atoms with Gasteiger partial charge in [0, 0.05) is 11.4 Å². The van der Waals surface area contributed by atoms with E-state index in [0.717, 1.165) is 22.9 Å². The van der Waals surface area contributed by atoms with Crippen LogP contribution < -0.4 is 9.57 Å². The van der Waals surface area contributed by atoms with Crippen molar-refractivity contribution in [1.29, 1.82) is 0 Å². The Balaban J connectivity index is 2.17. The van der Waals surface area contributed by atoms with Crippen LogP contribution in [0.1, 0.15) is 6.42 Å². The maximum atomic E-state index is 5.49. The molecular formula is C10H11BrNO2+. The molecule has 2 aromatic rings. The third-order valence-electron chi connectivity index (χ3n) is 1.89. The van der Waals surface area contributed by atoms with Crippen molar-refractivity contribution in [2.75, 3.05) is 11.9 Å². The lowest BCUT2D eigenvalue weighted by Gasteiger charge is -1.92. The van der Waals surface area contributed by atoms with E-state index < -0.39 is 0 Å². The maximum absolute atomic E-state index is 5.49. The van der Waals surface area contributed by atoms with Gasteiger partial charge < -0.3 is 4.42 Å². The summed E-state index contributed by atoms with van der Waals surface area (Å²) in [6, 6.07) is 7.78. The van der Waals surface area contributed by atoms with Crippen LogP contribution in [0.15, 0.2) is 35.1 Å². The summed E-state index contributed by atoms with van der Waals surface area (Å²) in [5.74, 6) is 0. The highest BCUT2D eigenvalue weighted by Gasteiger charge is 2.13. The fraction of sp³-hybridized carbons (Fsp3) is 0.300. The topological polar surface area (TPSA) is 26.2 Å². The molecule has 4 heteroatoms. The molecule has 3 nitrogen and oxygen atoms in total. The Bertz CT molecular complexity index is 413. The van der Waals surface area contributed by atoms with Crippen LogP contribution in [0.5, 0.6) is 0 Å². The van der Waals surface area contributed by atoms with Gasteiger partial charge in [0.15, 0.2) is 6.61 Å². The summed E-state index contributed by atoms with van der Waals surface area (Å²) >= 11 is 3.35. The van der Waals surface area contributed by atoms with E-state index in [1.54, 1.807) is 11.1 Å². The standard InChI is InChI=1S/C10H11BrNO2/c11-6-3-7-14-12-8-13-10-5-2-1-4-9(10)12/h1-2,4-5,8H,3,6-7H2/q+1. The first kappa shape index (κ1) is 9.52. The molecule has 74 valence electrons. The molecule has 14 heavy (non-hydrogen) atoms. The van der Waals surface area contributed by atoms with Crippen LogP contribution in [0.4, 0.5) is 0 Å². The fourth-order valence-corrected chi connectivity index (χ4v) is 1.45. The Labute approximate surface area is 90.4 Å². The van der Waals surface area contributed by atoms with Gasteiger partial charge in [0.1, 0.15) is 0 Å². The number of fused-ring (bicyclic) bond motifs is 1. The number of halogens is 1. The van der Waals surface area contributed by atoms with E-state index in [4.69, 9.17) is 9.25 Å². The number of nitrogens with zero attached hydrogens (tertiary/aromatic N) is 1. The smallest absolute Gasteiger partial charge is 0.385 e. The predicted octanol–water partition coefficient (Wildman–Crippen LogP) is 1.93. The average molecular weight is 257 g/mol. The van der Waals surface area contributed by atoms with Gasteiger partial charge >= 0.3 is 11.9 Å². The zero-order valence-electron chi connectivity index (χ0n) is 7.65. The van der Waals surface area contributed by atoms with Gasteiger partial charge in [-0.3, -0.25) is 4.84 Å². The number of rotatable bonds is 4. The molecule has 0 aliphatic carbocycles. The van der Waals surface area contributed by atoms with Crippen LogP contribution in [0.3, 0.4) is 0 Å². The van der Waals surface area contributed by atoms with Gasteiger partial charge in [0.25, 0.3) is 0 Å². The summed E-state index contributed by atoms with van der Waals surface area (Å²) in [5.41, 5.74) is 1.80. The van der Waals surface area contributed by atoms with E-state index in [-0.39, 0.29) is 0 Å². The molecule has 0 amide bonds. The number of hydrogen-bond donors (Lipinski definition) is 0. The SMILES string of the molecule is BrCCCO[n+]1coc2ccccc21. The number of oxazole rings is 1. The van der Waals surface area contributed by atoms with Crippen molar-refractivity contribution in [1.82, 2.24) is 0 Å². The molecule has 0 saturated carbocycles. The highest BCUT2D eigenvalue weighted by atomic mass is 79.9. The fourth-order valence-electron chi connectivity index (χ4n) is 1.22. The monoisotopic (exact) mass is 256 g/mol. The summed E-state index contributed by atoms with van der Waals surface area (Å²) < 4.78 is 6.97. The minimum absolute atomic E-state index is 0.680. The summed E-state index contributed by atoms with van der Waals surface area (Å²) in [6.45, 7) is 0.680. The van der Waals surface area contributed by atoms with E-state index >= 15 is 0 Å². The normalized spacial score (nSPS) is 10.6. The van der Waals surface area contributed by atoms with Gasteiger partial charge in [-0.1, -0.05) is 28.1 Å². The minimum Gasteiger partial charge on any atom is -0.400 e. The molecule has 0 fully saturated rings. The zero-order chi connectivity index (χ0) is 9.80. The van der Waals surface area contributed by atoms with Crippen LogP contribution in [-0.4, -0.2) is 11.9 Å². The first-order valence-electron chi connectivity index (χ1n) is 4.49. The number of aromatic nitrogens is 1. The lowest BCUT2D eigenvalue weighted by Crippen LogP contribution is -2.41. The van der Waals surface area contributed by atoms with Gasteiger partial charge in [-0.25, -0.2) is 0 Å². The van der Waals surface area contributed by atoms with Crippen molar-refractivity contribution in [3.05, 3.63) is 30.7 Å². The molecule has 2 rings (SSSR count). The third-order valence-corrected chi connectivity index (χ3v) is 2.45. The molecule has 0 atom stereocenters. The summed E-state index contributed by atoms with van der Waals surface area (Å²) in [4.78, 5) is 5.49. The quantitative estimate of drug-likeness (QED) is 0.475. The number of alkyl halides is 1. The Kier molecular flexibility index (Phi) is 3.03. The highest BCUT2D eigenvalue weighted by Crippen LogP contribution is 2.07. The van der Waals surface area contributed by atoms with Crippen LogP contribution in [0.2, 0.25) is 0 Å². The highest BCUT2D eigenvalue weighted by molar-refractivity contribution is 9.09. The molecule has 0 saturated heterocycles. The second kappa shape index (κ2) is 4.46. The second-order valence-electron chi connectivity index (χ2n) is 2.89. The van der Waals surface area contributed by atoms with Crippen molar-refractivity contribution in [3.63, 3.8) is 0 Å². The molecule has 0 N–H and O–H groups in total. The molecular weight excluding hydrogens is 246 g/mol. The molecule has 0 spiro atoms. The van der Waals surface area contributed by atoms with Crippen LogP contribution >= 0.6 is 15.9 Å². The molecule has 1 heterocycles. The van der Waals surface area contributed by atoms with Gasteiger partial charge in [-0.05, 0) is 12.5 Å². The molecule has 0 aliphatic heterocycles. The molecule has 0 bridgehead atoms. The number of para-hydroxylation sites is 2. The lowest BCUT2D eigenvalue weighted by molar-refractivity contribution is -0.874. The largest absolute Gasteiger partial charge is 0.400 e. The molecule has 1 aromatic heterocycles. The first-order valence-corrected chi connectivity index (χ1v) is 5.61. The van der Waals surface area contributed by atoms with Crippen LogP contribution in [0, 0.1) is 0 Å². The Morgan fingerprint density at radius 1 is 1.36 bits per heavy atom. The Hall–Kier alpha value is -1.03. The van der Waals surface area contributed by atoms with Crippen molar-refractivity contribution >= 4 is 27.0 Å². The Morgan fingerprint density at radius 3 is 3.07 bits per heavy atom. The summed E-state index contributed by atoms with van der Waals surface area (Å²) in [5, 5.41) is 0.948. The van der Waals surface area contributed by atoms with Gasteiger partial charge in [0.2, 0.25) is 5.58 Å². The van der Waals surface area contributed by atoms with E-state index in [0.29, 0.717) is 6.61 Å². The van der Waals surface area contributed by atoms with Crippen LogP contribution in [0.25, 0.3) is 11.1 Å². The lowest BCUT2D eigenvalue weighted by atomic mass is 10.3. The van der Waals surface area contributed by atoms with Crippen LogP contribution in [-0.2, 0) is 0 Å². The summed E-state index contributed by atoms with van der Waals surface area (Å²) in [6.07, 6.45) is 2.56. The van der Waals surface area contributed by atoms with E-state index in [9.17, 15) is 0 Å². The van der Waals surface area contributed by atoms with Gasteiger partial charge in [0.05, 0.1) is 4.73 Å². The van der Waals surface area contributed by atoms with Crippen molar-refractivity contribution in [2.45, 2.75) is 6.42 Å². The van der Waals surface area contributed by atoms with Crippen molar-refractivity contribution < 1.29 is 14.0 Å². The zero-order valence-corrected chi connectivity index (χ0v) is 9.24. The first-order chi connectivity index (χ1) is 6.92. The van der Waals surface area contributed by atoms with E-state index in [2.05, 4.69) is 15.9 Å². The third kappa shape index (κ3) is 1.90. The second-order valence-corrected chi connectivity index (χ2v) is 3.69. The maximum Gasteiger partial charge on any atom is 0.385 e. The van der Waals surface area contributed by atoms with E-state index in [1.165, 1.54) is 0 Å². The Morgan fingerprint density at radius 2 is 2.21 bits per heavy atom. The summed E-state index contributed by atoms with van der Waals surface area (Å²) in [7, 11) is 0.